The van der Waals surface area contributed by atoms with Gasteiger partial charge >= 0.3 is 0 Å². The Morgan fingerprint density at radius 3 is 3.00 bits per heavy atom. The third-order valence-electron chi connectivity index (χ3n) is 4.27. The predicted octanol–water partition coefficient (Wildman–Crippen LogP) is 3.43. The molecule has 0 aromatic rings. The van der Waals surface area contributed by atoms with E-state index in [0.29, 0.717) is 5.92 Å². The second-order valence-electron chi connectivity index (χ2n) is 5.23. The fraction of sp³-hybridized carbons (Fsp3) is 0.733. The van der Waals surface area contributed by atoms with E-state index >= 15 is 0 Å². The van der Waals surface area contributed by atoms with Gasteiger partial charge in [0.25, 0.3) is 0 Å². The van der Waals surface area contributed by atoms with Gasteiger partial charge < -0.3 is 5.11 Å². The maximum absolute atomic E-state index is 10.9. The summed E-state index contributed by atoms with van der Waals surface area (Å²) >= 11 is 0. The lowest BCUT2D eigenvalue weighted by molar-refractivity contribution is 0.0313. The average molecular weight is 218 g/mol. The van der Waals surface area contributed by atoms with E-state index in [1.54, 1.807) is 0 Å². The van der Waals surface area contributed by atoms with Crippen molar-refractivity contribution in [2.45, 2.75) is 63.4 Å². The summed E-state index contributed by atoms with van der Waals surface area (Å²) in [5.41, 5.74) is 0.815. The number of hydrogen-bond donors (Lipinski definition) is 1. The molecular formula is C15H22O. The van der Waals surface area contributed by atoms with Crippen LogP contribution in [0.5, 0.6) is 0 Å². The summed E-state index contributed by atoms with van der Waals surface area (Å²) in [4.78, 5) is 0. The van der Waals surface area contributed by atoms with E-state index in [1.807, 2.05) is 0 Å². The van der Waals surface area contributed by atoms with Gasteiger partial charge in [0.15, 0.2) is 0 Å². The molecule has 0 aliphatic heterocycles. The maximum Gasteiger partial charge on any atom is 0.0885 e. The predicted molar refractivity (Wildman–Crippen MR) is 66.9 cm³/mol. The molecule has 0 amide bonds. The zero-order chi connectivity index (χ0) is 11.4. The first-order valence-electron chi connectivity index (χ1n) is 6.63. The van der Waals surface area contributed by atoms with Gasteiger partial charge in [-0.15, -0.1) is 12.3 Å². The normalized spacial score (nSPS) is 34.5. The minimum atomic E-state index is -0.503. The smallest absolute Gasteiger partial charge is 0.0885 e. The molecule has 0 radical (unpaired) electrons. The van der Waals surface area contributed by atoms with Crippen LogP contribution in [0.1, 0.15) is 57.8 Å². The second kappa shape index (κ2) is 5.06. The quantitative estimate of drug-likeness (QED) is 0.568. The Hall–Kier alpha value is -0.740. The molecule has 16 heavy (non-hydrogen) atoms. The molecule has 2 aliphatic rings. The van der Waals surface area contributed by atoms with Crippen molar-refractivity contribution in [3.63, 3.8) is 0 Å². The Morgan fingerprint density at radius 1 is 1.44 bits per heavy atom. The molecule has 1 nitrogen and oxygen atoms in total. The molecular weight excluding hydrogens is 196 g/mol. The molecule has 0 bridgehead atoms. The van der Waals surface area contributed by atoms with E-state index in [1.165, 1.54) is 18.4 Å². The summed E-state index contributed by atoms with van der Waals surface area (Å²) < 4.78 is 0. The van der Waals surface area contributed by atoms with E-state index in [9.17, 15) is 5.11 Å². The molecule has 0 unspecified atom stereocenters. The van der Waals surface area contributed by atoms with Crippen LogP contribution in [0.3, 0.4) is 0 Å². The summed E-state index contributed by atoms with van der Waals surface area (Å²) in [6.07, 6.45) is 17.5. The molecule has 2 rings (SSSR count). The van der Waals surface area contributed by atoms with Crippen LogP contribution >= 0.6 is 0 Å². The third kappa shape index (κ3) is 2.18. The van der Waals surface area contributed by atoms with Crippen molar-refractivity contribution in [3.8, 4) is 12.3 Å². The minimum Gasteiger partial charge on any atom is -0.385 e. The van der Waals surface area contributed by atoms with Gasteiger partial charge in [-0.1, -0.05) is 6.08 Å². The average Bonchev–Trinajstić information content (AvgIpc) is 2.71. The van der Waals surface area contributed by atoms with Crippen LogP contribution in [-0.2, 0) is 0 Å². The highest BCUT2D eigenvalue weighted by atomic mass is 16.3. The molecule has 0 aromatic heterocycles. The highest BCUT2D eigenvalue weighted by molar-refractivity contribution is 5.22. The van der Waals surface area contributed by atoms with Crippen LogP contribution in [0.15, 0.2) is 11.6 Å². The van der Waals surface area contributed by atoms with E-state index < -0.39 is 5.60 Å². The molecule has 1 fully saturated rings. The Balaban J connectivity index is 2.09. The fourth-order valence-electron chi connectivity index (χ4n) is 3.36. The lowest BCUT2D eigenvalue weighted by Crippen LogP contribution is -2.36. The van der Waals surface area contributed by atoms with Gasteiger partial charge in [0.2, 0.25) is 0 Å². The monoisotopic (exact) mass is 218 g/mol. The molecule has 1 heteroatoms. The number of aliphatic hydroxyl groups is 1. The molecule has 0 saturated heterocycles. The number of terminal acetylenes is 1. The third-order valence-corrected chi connectivity index (χ3v) is 4.27. The zero-order valence-corrected chi connectivity index (χ0v) is 10.0. The van der Waals surface area contributed by atoms with Gasteiger partial charge in [-0.05, 0) is 62.9 Å². The number of allylic oxidation sites excluding steroid dienone is 1. The van der Waals surface area contributed by atoms with Gasteiger partial charge in [-0.2, -0.15) is 0 Å². The zero-order valence-electron chi connectivity index (χ0n) is 10.0. The SMILES string of the molecule is C#CCC[C@H]1CCC[C@]1(O)C1=CCCCC1. The lowest BCUT2D eigenvalue weighted by Gasteiger charge is -2.34. The molecule has 2 aliphatic carbocycles. The van der Waals surface area contributed by atoms with Gasteiger partial charge in [-0.25, -0.2) is 0 Å². The van der Waals surface area contributed by atoms with E-state index in [4.69, 9.17) is 6.42 Å². The van der Waals surface area contributed by atoms with Crippen LogP contribution in [0.25, 0.3) is 0 Å². The summed E-state index contributed by atoms with van der Waals surface area (Å²) in [5.74, 6) is 3.11. The molecule has 2 atom stereocenters. The van der Waals surface area contributed by atoms with Gasteiger partial charge in [-0.3, -0.25) is 0 Å². The Bertz CT molecular complexity index is 310. The van der Waals surface area contributed by atoms with Gasteiger partial charge in [0, 0.05) is 6.42 Å². The van der Waals surface area contributed by atoms with Crippen LogP contribution in [-0.4, -0.2) is 10.7 Å². The molecule has 1 N–H and O–H groups in total. The first-order valence-corrected chi connectivity index (χ1v) is 6.63. The highest BCUT2D eigenvalue weighted by Gasteiger charge is 2.43. The fourth-order valence-corrected chi connectivity index (χ4v) is 3.36. The van der Waals surface area contributed by atoms with Crippen molar-refractivity contribution in [2.75, 3.05) is 0 Å². The van der Waals surface area contributed by atoms with Crippen LogP contribution < -0.4 is 0 Å². The van der Waals surface area contributed by atoms with Gasteiger partial charge in [0.05, 0.1) is 5.60 Å². The topological polar surface area (TPSA) is 20.2 Å². The molecule has 0 spiro atoms. The molecule has 0 aromatic carbocycles. The maximum atomic E-state index is 10.9. The van der Waals surface area contributed by atoms with E-state index in [2.05, 4.69) is 12.0 Å². The molecule has 1 saturated carbocycles. The lowest BCUT2D eigenvalue weighted by atomic mass is 9.77. The standard InChI is InChI=1S/C15H22O/c1-2-3-8-13-11-7-12-15(13,16)14-9-5-4-6-10-14/h1,9,13,16H,3-8,10-12H2/t13-,15+/m0/s1. The van der Waals surface area contributed by atoms with Crippen molar-refractivity contribution in [2.24, 2.45) is 5.92 Å². The van der Waals surface area contributed by atoms with Crippen LogP contribution in [0, 0.1) is 18.3 Å². The molecule has 88 valence electrons. The summed E-state index contributed by atoms with van der Waals surface area (Å²) in [6.45, 7) is 0. The molecule has 0 heterocycles. The number of hydrogen-bond acceptors (Lipinski definition) is 1. The largest absolute Gasteiger partial charge is 0.385 e. The Kier molecular flexibility index (Phi) is 3.71. The van der Waals surface area contributed by atoms with Crippen molar-refractivity contribution in [1.82, 2.24) is 0 Å². The first-order chi connectivity index (χ1) is 7.77. The Labute approximate surface area is 98.9 Å². The van der Waals surface area contributed by atoms with Crippen LogP contribution in [0.4, 0.5) is 0 Å². The van der Waals surface area contributed by atoms with Crippen molar-refractivity contribution < 1.29 is 5.11 Å². The Morgan fingerprint density at radius 2 is 2.31 bits per heavy atom. The second-order valence-corrected chi connectivity index (χ2v) is 5.23. The summed E-state index contributed by atoms with van der Waals surface area (Å²) in [5, 5.41) is 10.9. The van der Waals surface area contributed by atoms with Crippen molar-refractivity contribution in [3.05, 3.63) is 11.6 Å². The van der Waals surface area contributed by atoms with Crippen LogP contribution in [0.2, 0.25) is 0 Å². The summed E-state index contributed by atoms with van der Waals surface area (Å²) in [7, 11) is 0. The minimum absolute atomic E-state index is 0.410. The highest BCUT2D eigenvalue weighted by Crippen LogP contribution is 2.45. The number of rotatable bonds is 3. The van der Waals surface area contributed by atoms with Gasteiger partial charge in [0.1, 0.15) is 0 Å². The first kappa shape index (κ1) is 11.7. The summed E-state index contributed by atoms with van der Waals surface area (Å²) in [6, 6.07) is 0. The van der Waals surface area contributed by atoms with E-state index in [0.717, 1.165) is 44.9 Å². The van der Waals surface area contributed by atoms with E-state index in [-0.39, 0.29) is 0 Å². The van der Waals surface area contributed by atoms with Crippen molar-refractivity contribution >= 4 is 0 Å². The van der Waals surface area contributed by atoms with Crippen molar-refractivity contribution in [1.29, 1.82) is 0 Å².